The lowest BCUT2D eigenvalue weighted by Gasteiger charge is -2.61. The summed E-state index contributed by atoms with van der Waals surface area (Å²) in [6.07, 6.45) is 7.32. The first-order valence-electron chi connectivity index (χ1n) is 10.2. The summed E-state index contributed by atoms with van der Waals surface area (Å²) >= 11 is 0. The summed E-state index contributed by atoms with van der Waals surface area (Å²) in [6.45, 7) is 1.89. The Balaban J connectivity index is 1.38. The van der Waals surface area contributed by atoms with Crippen LogP contribution in [0.4, 0.5) is 5.69 Å². The molecule has 1 aromatic heterocycles. The van der Waals surface area contributed by atoms with Crippen molar-refractivity contribution < 1.29 is 9.53 Å². The van der Waals surface area contributed by atoms with Gasteiger partial charge in [-0.2, -0.15) is 4.80 Å². The number of ether oxygens (including phenoxy) is 1. The van der Waals surface area contributed by atoms with Crippen molar-refractivity contribution in [2.24, 2.45) is 17.3 Å². The van der Waals surface area contributed by atoms with E-state index in [9.17, 15) is 4.79 Å². The minimum atomic E-state index is -0.0595. The van der Waals surface area contributed by atoms with E-state index in [1.54, 1.807) is 7.11 Å². The Hall–Kier alpha value is -2.44. The molecule has 2 unspecified atom stereocenters. The molecule has 2 aromatic rings. The number of tetrazole rings is 1. The molecule has 1 amide bonds. The number of nitrogens with zero attached hydrogens (tertiary/aromatic N) is 4. The molecule has 4 saturated carbocycles. The predicted octanol–water partition coefficient (Wildman–Crippen LogP) is 3.31. The standard InChI is InChI=1S/C21H27N5O2/c1-14-23-25-26(24-14)21-10-15-7-16(11-21)9-20(8-15,13-21)12-19(27)22-17-5-3-4-6-18(17)28-2/h3-6,15-16H,7-13H2,1-2H3,(H,22,27)/t15-,16+,20?,21?. The third kappa shape index (κ3) is 2.88. The van der Waals surface area contributed by atoms with Crippen molar-refractivity contribution in [2.75, 3.05) is 12.4 Å². The lowest BCUT2D eigenvalue weighted by atomic mass is 9.46. The van der Waals surface area contributed by atoms with Gasteiger partial charge in [-0.05, 0) is 80.0 Å². The molecule has 28 heavy (non-hydrogen) atoms. The highest BCUT2D eigenvalue weighted by molar-refractivity contribution is 5.92. The average molecular weight is 381 g/mol. The molecule has 4 fully saturated rings. The van der Waals surface area contributed by atoms with Crippen LogP contribution in [0, 0.1) is 24.2 Å². The monoisotopic (exact) mass is 381 g/mol. The molecule has 4 atom stereocenters. The highest BCUT2D eigenvalue weighted by Gasteiger charge is 2.60. The Morgan fingerprint density at radius 2 is 2.00 bits per heavy atom. The van der Waals surface area contributed by atoms with Crippen LogP contribution in [-0.2, 0) is 10.3 Å². The molecule has 0 aliphatic heterocycles. The number of nitrogens with one attached hydrogen (secondary N) is 1. The van der Waals surface area contributed by atoms with Gasteiger partial charge >= 0.3 is 0 Å². The van der Waals surface area contributed by atoms with E-state index in [1.165, 1.54) is 6.42 Å². The SMILES string of the molecule is COc1ccccc1NC(=O)CC12C[C@H]3C[C@@H](C1)CC(n1nnc(C)n1)(C3)C2. The lowest BCUT2D eigenvalue weighted by Crippen LogP contribution is -2.57. The van der Waals surface area contributed by atoms with Gasteiger partial charge in [0.1, 0.15) is 5.75 Å². The number of para-hydroxylation sites is 2. The van der Waals surface area contributed by atoms with E-state index in [1.807, 2.05) is 36.0 Å². The largest absolute Gasteiger partial charge is 0.495 e. The van der Waals surface area contributed by atoms with Crippen LogP contribution >= 0.6 is 0 Å². The van der Waals surface area contributed by atoms with E-state index in [4.69, 9.17) is 4.74 Å². The minimum Gasteiger partial charge on any atom is -0.495 e. The Morgan fingerprint density at radius 1 is 1.25 bits per heavy atom. The molecule has 4 aliphatic rings. The van der Waals surface area contributed by atoms with Crippen molar-refractivity contribution in [3.63, 3.8) is 0 Å². The van der Waals surface area contributed by atoms with Crippen molar-refractivity contribution >= 4 is 11.6 Å². The Kier molecular flexibility index (Phi) is 3.96. The van der Waals surface area contributed by atoms with E-state index < -0.39 is 0 Å². The number of carbonyl (C=O) groups excluding carboxylic acids is 1. The molecule has 148 valence electrons. The van der Waals surface area contributed by atoms with Crippen molar-refractivity contribution in [3.05, 3.63) is 30.1 Å². The van der Waals surface area contributed by atoms with Gasteiger partial charge in [0, 0.05) is 6.42 Å². The molecule has 6 rings (SSSR count). The number of hydrogen-bond acceptors (Lipinski definition) is 5. The molecule has 1 heterocycles. The predicted molar refractivity (Wildman–Crippen MR) is 104 cm³/mol. The fraction of sp³-hybridized carbons (Fsp3) is 0.619. The van der Waals surface area contributed by atoms with Crippen LogP contribution in [0.1, 0.15) is 50.8 Å². The third-order valence-corrected chi connectivity index (χ3v) is 7.01. The number of aryl methyl sites for hydroxylation is 1. The fourth-order valence-electron chi connectivity index (χ4n) is 6.61. The summed E-state index contributed by atoms with van der Waals surface area (Å²) in [5.74, 6) is 2.81. The van der Waals surface area contributed by atoms with Gasteiger partial charge < -0.3 is 10.1 Å². The van der Waals surface area contributed by atoms with Gasteiger partial charge in [0.25, 0.3) is 0 Å². The van der Waals surface area contributed by atoms with Crippen LogP contribution in [0.15, 0.2) is 24.3 Å². The zero-order valence-corrected chi connectivity index (χ0v) is 16.5. The normalized spacial score (nSPS) is 33.1. The zero-order chi connectivity index (χ0) is 19.4. The maximum atomic E-state index is 13.0. The summed E-state index contributed by atoms with van der Waals surface area (Å²) in [7, 11) is 1.63. The summed E-state index contributed by atoms with van der Waals surface area (Å²) in [5, 5.41) is 16.1. The summed E-state index contributed by atoms with van der Waals surface area (Å²) in [6, 6.07) is 7.58. The van der Waals surface area contributed by atoms with E-state index in [0.29, 0.717) is 24.0 Å². The third-order valence-electron chi connectivity index (χ3n) is 7.01. The van der Waals surface area contributed by atoms with Gasteiger partial charge in [-0.15, -0.1) is 10.2 Å². The Morgan fingerprint density at radius 3 is 2.68 bits per heavy atom. The minimum absolute atomic E-state index is 0.0394. The van der Waals surface area contributed by atoms with Crippen LogP contribution in [-0.4, -0.2) is 33.2 Å². The number of rotatable bonds is 5. The Bertz CT molecular complexity index is 894. The number of amides is 1. The number of anilines is 1. The lowest BCUT2D eigenvalue weighted by molar-refractivity contribution is -0.135. The second-order valence-corrected chi connectivity index (χ2v) is 9.24. The van der Waals surface area contributed by atoms with Crippen molar-refractivity contribution in [3.8, 4) is 5.75 Å². The molecule has 7 nitrogen and oxygen atoms in total. The quantitative estimate of drug-likeness (QED) is 0.859. The summed E-state index contributed by atoms with van der Waals surface area (Å²) in [4.78, 5) is 14.9. The number of carbonyl (C=O) groups is 1. The van der Waals surface area contributed by atoms with Gasteiger partial charge in [-0.3, -0.25) is 4.79 Å². The molecule has 7 heteroatoms. The first-order valence-corrected chi connectivity index (χ1v) is 10.2. The molecule has 4 bridgehead atoms. The number of benzene rings is 1. The summed E-state index contributed by atoms with van der Waals surface area (Å²) in [5.41, 5.74) is 0.719. The fourth-order valence-corrected chi connectivity index (χ4v) is 6.61. The number of aromatic nitrogens is 4. The first-order chi connectivity index (χ1) is 13.5. The van der Waals surface area contributed by atoms with E-state index in [0.717, 1.165) is 43.6 Å². The van der Waals surface area contributed by atoms with Gasteiger partial charge in [-0.25, -0.2) is 0 Å². The molecule has 0 radical (unpaired) electrons. The average Bonchev–Trinajstić information content (AvgIpc) is 3.08. The molecule has 1 aromatic carbocycles. The van der Waals surface area contributed by atoms with E-state index in [-0.39, 0.29) is 16.9 Å². The number of methoxy groups -OCH3 is 1. The molecular formula is C21H27N5O2. The van der Waals surface area contributed by atoms with Crippen molar-refractivity contribution in [2.45, 2.75) is 57.4 Å². The first kappa shape index (κ1) is 17.6. The highest BCUT2D eigenvalue weighted by Crippen LogP contribution is 2.65. The maximum absolute atomic E-state index is 13.0. The van der Waals surface area contributed by atoms with Crippen LogP contribution in [0.3, 0.4) is 0 Å². The van der Waals surface area contributed by atoms with Crippen molar-refractivity contribution in [1.82, 2.24) is 20.2 Å². The van der Waals surface area contributed by atoms with Crippen LogP contribution in [0.5, 0.6) is 5.75 Å². The second kappa shape index (κ2) is 6.29. The summed E-state index contributed by atoms with van der Waals surface area (Å²) < 4.78 is 5.37. The van der Waals surface area contributed by atoms with Crippen LogP contribution in [0.2, 0.25) is 0 Å². The van der Waals surface area contributed by atoms with Gasteiger partial charge in [0.15, 0.2) is 5.82 Å². The molecule has 0 spiro atoms. The van der Waals surface area contributed by atoms with Gasteiger partial charge in [0.2, 0.25) is 5.91 Å². The van der Waals surface area contributed by atoms with Crippen molar-refractivity contribution in [1.29, 1.82) is 0 Å². The zero-order valence-electron chi connectivity index (χ0n) is 16.5. The van der Waals surface area contributed by atoms with Crippen LogP contribution < -0.4 is 10.1 Å². The van der Waals surface area contributed by atoms with E-state index in [2.05, 4.69) is 20.7 Å². The smallest absolute Gasteiger partial charge is 0.225 e. The van der Waals surface area contributed by atoms with Crippen LogP contribution in [0.25, 0.3) is 0 Å². The topological polar surface area (TPSA) is 81.9 Å². The second-order valence-electron chi connectivity index (χ2n) is 9.24. The molecular weight excluding hydrogens is 354 g/mol. The van der Waals surface area contributed by atoms with E-state index >= 15 is 0 Å². The molecule has 1 N–H and O–H groups in total. The van der Waals surface area contributed by atoms with Gasteiger partial charge in [-0.1, -0.05) is 12.1 Å². The Labute approximate surface area is 164 Å². The number of hydrogen-bond donors (Lipinski definition) is 1. The molecule has 4 aliphatic carbocycles. The maximum Gasteiger partial charge on any atom is 0.225 e. The highest BCUT2D eigenvalue weighted by atomic mass is 16.5. The molecule has 0 saturated heterocycles. The van der Waals surface area contributed by atoms with Gasteiger partial charge in [0.05, 0.1) is 18.3 Å².